The maximum atomic E-state index is 10.5. The topological polar surface area (TPSA) is 38.0 Å². The number of aromatic nitrogens is 2. The standard InChI is InChI=1S/C15H22N2O/c1-4-15(18,5-2)11-13-12-9-7-8-10-14(12)17(6-3)16-13/h7-10,18H,4-6,11H2,1-3H3. The number of hydrogen-bond donors (Lipinski definition) is 1. The molecule has 1 aromatic carbocycles. The Bertz CT molecular complexity index is 526. The Morgan fingerprint density at radius 3 is 2.44 bits per heavy atom. The maximum absolute atomic E-state index is 10.5. The summed E-state index contributed by atoms with van der Waals surface area (Å²) in [6, 6.07) is 8.25. The van der Waals surface area contributed by atoms with Crippen LogP contribution in [-0.2, 0) is 13.0 Å². The van der Waals surface area contributed by atoms with Crippen molar-refractivity contribution in [2.45, 2.75) is 52.2 Å². The minimum atomic E-state index is -0.629. The van der Waals surface area contributed by atoms with Gasteiger partial charge >= 0.3 is 0 Å². The van der Waals surface area contributed by atoms with Gasteiger partial charge in [0.05, 0.1) is 16.8 Å². The average molecular weight is 246 g/mol. The number of benzene rings is 1. The van der Waals surface area contributed by atoms with Crippen molar-refractivity contribution in [1.82, 2.24) is 9.78 Å². The molecule has 98 valence electrons. The molecule has 0 aliphatic rings. The van der Waals surface area contributed by atoms with Crippen molar-refractivity contribution in [3.63, 3.8) is 0 Å². The van der Waals surface area contributed by atoms with Gasteiger partial charge in [0.25, 0.3) is 0 Å². The zero-order valence-corrected chi connectivity index (χ0v) is 11.5. The van der Waals surface area contributed by atoms with E-state index in [2.05, 4.69) is 24.2 Å². The SMILES string of the molecule is CCn1nc(CC(O)(CC)CC)c2ccccc21. The monoisotopic (exact) mass is 246 g/mol. The maximum Gasteiger partial charge on any atom is 0.0731 e. The third kappa shape index (κ3) is 2.27. The van der Waals surface area contributed by atoms with Gasteiger partial charge in [0, 0.05) is 18.4 Å². The predicted molar refractivity (Wildman–Crippen MR) is 74.6 cm³/mol. The summed E-state index contributed by atoms with van der Waals surface area (Å²) in [7, 11) is 0. The summed E-state index contributed by atoms with van der Waals surface area (Å²) in [6.07, 6.45) is 2.15. The van der Waals surface area contributed by atoms with Crippen molar-refractivity contribution >= 4 is 10.9 Å². The van der Waals surface area contributed by atoms with Gasteiger partial charge < -0.3 is 5.11 Å². The van der Waals surface area contributed by atoms with E-state index in [9.17, 15) is 5.11 Å². The first kappa shape index (κ1) is 13.1. The summed E-state index contributed by atoms with van der Waals surface area (Å²) in [5.41, 5.74) is 1.54. The van der Waals surface area contributed by atoms with Crippen LogP contribution in [0.2, 0.25) is 0 Å². The Morgan fingerprint density at radius 2 is 1.83 bits per heavy atom. The number of rotatable bonds is 5. The number of nitrogens with zero attached hydrogens (tertiary/aromatic N) is 2. The lowest BCUT2D eigenvalue weighted by molar-refractivity contribution is 0.0319. The van der Waals surface area contributed by atoms with Crippen molar-refractivity contribution < 1.29 is 5.11 Å². The van der Waals surface area contributed by atoms with E-state index in [1.54, 1.807) is 0 Å². The Kier molecular flexibility index (Phi) is 3.71. The Morgan fingerprint density at radius 1 is 1.17 bits per heavy atom. The first-order valence-electron chi connectivity index (χ1n) is 6.80. The van der Waals surface area contributed by atoms with E-state index in [-0.39, 0.29) is 0 Å². The molecular formula is C15H22N2O. The van der Waals surface area contributed by atoms with Crippen LogP contribution >= 0.6 is 0 Å². The molecule has 0 spiro atoms. The molecule has 0 aliphatic carbocycles. The van der Waals surface area contributed by atoms with Crippen LogP contribution in [0.3, 0.4) is 0 Å². The van der Waals surface area contributed by atoms with E-state index in [1.807, 2.05) is 30.7 Å². The van der Waals surface area contributed by atoms with Gasteiger partial charge in [0.15, 0.2) is 0 Å². The van der Waals surface area contributed by atoms with Crippen molar-refractivity contribution in [2.75, 3.05) is 0 Å². The lowest BCUT2D eigenvalue weighted by Crippen LogP contribution is -2.29. The molecule has 0 fully saturated rings. The zero-order chi connectivity index (χ0) is 13.2. The van der Waals surface area contributed by atoms with Crippen LogP contribution in [0.1, 0.15) is 39.3 Å². The summed E-state index contributed by atoms with van der Waals surface area (Å²) < 4.78 is 2.01. The Labute approximate surface area is 108 Å². The second-order valence-corrected chi connectivity index (χ2v) is 4.89. The number of aliphatic hydroxyl groups is 1. The first-order valence-corrected chi connectivity index (χ1v) is 6.80. The quantitative estimate of drug-likeness (QED) is 0.880. The van der Waals surface area contributed by atoms with Gasteiger partial charge in [-0.2, -0.15) is 5.10 Å². The van der Waals surface area contributed by atoms with Crippen LogP contribution in [0.15, 0.2) is 24.3 Å². The smallest absolute Gasteiger partial charge is 0.0731 e. The van der Waals surface area contributed by atoms with Crippen molar-refractivity contribution in [3.05, 3.63) is 30.0 Å². The molecule has 0 bridgehead atoms. The number of fused-ring (bicyclic) bond motifs is 1. The van der Waals surface area contributed by atoms with Gasteiger partial charge in [-0.3, -0.25) is 4.68 Å². The second kappa shape index (κ2) is 5.11. The van der Waals surface area contributed by atoms with Crippen molar-refractivity contribution in [3.8, 4) is 0 Å². The van der Waals surface area contributed by atoms with E-state index in [0.29, 0.717) is 6.42 Å². The largest absolute Gasteiger partial charge is 0.390 e. The summed E-state index contributed by atoms with van der Waals surface area (Å²) in [4.78, 5) is 0. The first-order chi connectivity index (χ1) is 8.63. The lowest BCUT2D eigenvalue weighted by Gasteiger charge is -2.24. The third-order valence-corrected chi connectivity index (χ3v) is 3.85. The summed E-state index contributed by atoms with van der Waals surface area (Å²) in [5, 5.41) is 16.3. The van der Waals surface area contributed by atoms with Crippen LogP contribution in [-0.4, -0.2) is 20.5 Å². The van der Waals surface area contributed by atoms with Crippen LogP contribution < -0.4 is 0 Å². The van der Waals surface area contributed by atoms with Gasteiger partial charge in [0.2, 0.25) is 0 Å². The molecule has 0 saturated heterocycles. The Balaban J connectivity index is 2.45. The van der Waals surface area contributed by atoms with Gasteiger partial charge in [-0.15, -0.1) is 0 Å². The zero-order valence-electron chi connectivity index (χ0n) is 11.5. The van der Waals surface area contributed by atoms with Crippen LogP contribution in [0, 0.1) is 0 Å². The van der Waals surface area contributed by atoms with Crippen LogP contribution in [0.4, 0.5) is 0 Å². The highest BCUT2D eigenvalue weighted by Gasteiger charge is 2.25. The minimum Gasteiger partial charge on any atom is -0.390 e. The highest BCUT2D eigenvalue weighted by atomic mass is 16.3. The Hall–Kier alpha value is -1.35. The molecule has 0 unspecified atom stereocenters. The van der Waals surface area contributed by atoms with E-state index in [4.69, 9.17) is 0 Å². The van der Waals surface area contributed by atoms with Gasteiger partial charge in [-0.1, -0.05) is 32.0 Å². The fourth-order valence-electron chi connectivity index (χ4n) is 2.38. The number of hydrogen-bond acceptors (Lipinski definition) is 2. The molecule has 1 N–H and O–H groups in total. The molecule has 18 heavy (non-hydrogen) atoms. The molecule has 0 saturated carbocycles. The molecule has 1 heterocycles. The number of para-hydroxylation sites is 1. The van der Waals surface area contributed by atoms with Gasteiger partial charge in [-0.05, 0) is 25.8 Å². The predicted octanol–water partition coefficient (Wildman–Crippen LogP) is 3.15. The summed E-state index contributed by atoms with van der Waals surface area (Å²) in [5.74, 6) is 0. The molecule has 2 rings (SSSR count). The highest BCUT2D eigenvalue weighted by molar-refractivity contribution is 5.82. The third-order valence-electron chi connectivity index (χ3n) is 3.85. The summed E-state index contributed by atoms with van der Waals surface area (Å²) >= 11 is 0. The van der Waals surface area contributed by atoms with Crippen LogP contribution in [0.5, 0.6) is 0 Å². The van der Waals surface area contributed by atoms with Crippen molar-refractivity contribution in [2.24, 2.45) is 0 Å². The second-order valence-electron chi connectivity index (χ2n) is 4.89. The normalized spacial score (nSPS) is 12.2. The van der Waals surface area contributed by atoms with E-state index < -0.39 is 5.60 Å². The lowest BCUT2D eigenvalue weighted by atomic mass is 9.91. The van der Waals surface area contributed by atoms with Gasteiger partial charge in [-0.25, -0.2) is 0 Å². The molecule has 0 radical (unpaired) electrons. The molecule has 3 nitrogen and oxygen atoms in total. The molecule has 3 heteroatoms. The molecule has 0 aliphatic heterocycles. The fraction of sp³-hybridized carbons (Fsp3) is 0.533. The van der Waals surface area contributed by atoms with Gasteiger partial charge in [0.1, 0.15) is 0 Å². The van der Waals surface area contributed by atoms with E-state index in [1.165, 1.54) is 5.39 Å². The van der Waals surface area contributed by atoms with Crippen LogP contribution in [0.25, 0.3) is 10.9 Å². The molecule has 2 aromatic rings. The van der Waals surface area contributed by atoms with E-state index in [0.717, 1.165) is 30.6 Å². The molecule has 1 aromatic heterocycles. The average Bonchev–Trinajstić information content (AvgIpc) is 2.77. The molecule has 0 atom stereocenters. The minimum absolute atomic E-state index is 0.629. The van der Waals surface area contributed by atoms with E-state index >= 15 is 0 Å². The molecular weight excluding hydrogens is 224 g/mol. The van der Waals surface area contributed by atoms with Crippen molar-refractivity contribution in [1.29, 1.82) is 0 Å². The highest BCUT2D eigenvalue weighted by Crippen LogP contribution is 2.25. The summed E-state index contributed by atoms with van der Waals surface area (Å²) in [6.45, 7) is 7.01. The fourth-order valence-corrected chi connectivity index (χ4v) is 2.38. The number of aryl methyl sites for hydroxylation is 1. The molecule has 0 amide bonds.